The second-order valence-corrected chi connectivity index (χ2v) is 6.09. The minimum Gasteiger partial charge on any atom is -0.381 e. The van der Waals surface area contributed by atoms with Crippen LogP contribution in [0.25, 0.3) is 0 Å². The molecule has 2 aromatic rings. The molecule has 100 valence electrons. The van der Waals surface area contributed by atoms with Crippen LogP contribution in [-0.4, -0.2) is 24.7 Å². The van der Waals surface area contributed by atoms with Gasteiger partial charge < -0.3 is 5.11 Å². The van der Waals surface area contributed by atoms with Gasteiger partial charge in [0.2, 0.25) is 0 Å². The molecule has 0 radical (unpaired) electrons. The van der Waals surface area contributed by atoms with Crippen molar-refractivity contribution in [1.82, 2.24) is 14.8 Å². The third-order valence-corrected chi connectivity index (χ3v) is 4.55. The number of hydrogen-bond acceptors (Lipinski definition) is 3. The summed E-state index contributed by atoms with van der Waals surface area (Å²) in [5.74, 6) is 0. The molecule has 1 saturated carbocycles. The van der Waals surface area contributed by atoms with Crippen molar-refractivity contribution in [3.8, 4) is 0 Å². The summed E-state index contributed by atoms with van der Waals surface area (Å²) >= 11 is 12.4. The van der Waals surface area contributed by atoms with Crippen LogP contribution in [0.4, 0.5) is 0 Å². The van der Waals surface area contributed by atoms with Gasteiger partial charge in [0.25, 0.3) is 0 Å². The van der Waals surface area contributed by atoms with Crippen molar-refractivity contribution in [1.29, 1.82) is 0 Å². The standard InChI is InChI=1S/C13H13Cl2N3O/c14-11-3-1-10(2-4-11)13(19,12(15)5-6-12)7-18-9-16-8-17-18/h1-4,8-9,19H,5-7H2. The van der Waals surface area contributed by atoms with E-state index in [-0.39, 0.29) is 6.54 Å². The molecular weight excluding hydrogens is 285 g/mol. The molecule has 1 aromatic carbocycles. The van der Waals surface area contributed by atoms with Gasteiger partial charge in [0.05, 0.1) is 11.4 Å². The smallest absolute Gasteiger partial charge is 0.137 e. The summed E-state index contributed by atoms with van der Waals surface area (Å²) in [4.78, 5) is 3.26. The quantitative estimate of drug-likeness (QED) is 0.883. The lowest BCUT2D eigenvalue weighted by molar-refractivity contribution is 0.00256. The molecule has 19 heavy (non-hydrogen) atoms. The number of hydrogen-bond donors (Lipinski definition) is 1. The highest BCUT2D eigenvalue weighted by molar-refractivity contribution is 6.30. The van der Waals surface area contributed by atoms with E-state index in [2.05, 4.69) is 10.1 Å². The number of nitrogens with zero attached hydrogens (tertiary/aromatic N) is 3. The molecule has 1 heterocycles. The van der Waals surface area contributed by atoms with E-state index >= 15 is 0 Å². The lowest BCUT2D eigenvalue weighted by atomic mass is 9.88. The van der Waals surface area contributed by atoms with E-state index in [1.54, 1.807) is 23.1 Å². The number of aliphatic hydroxyl groups is 1. The van der Waals surface area contributed by atoms with E-state index in [0.29, 0.717) is 5.02 Å². The highest BCUT2D eigenvalue weighted by Crippen LogP contribution is 2.56. The molecule has 1 unspecified atom stereocenters. The topological polar surface area (TPSA) is 50.9 Å². The van der Waals surface area contributed by atoms with Crippen LogP contribution in [-0.2, 0) is 12.1 Å². The van der Waals surface area contributed by atoms with Gasteiger partial charge in [-0.15, -0.1) is 11.6 Å². The van der Waals surface area contributed by atoms with Gasteiger partial charge in [0.15, 0.2) is 0 Å². The lowest BCUT2D eigenvalue weighted by Crippen LogP contribution is -2.42. The third kappa shape index (κ3) is 2.24. The molecule has 0 amide bonds. The SMILES string of the molecule is OC(Cn1cncn1)(c1ccc(Cl)cc1)C1(Cl)CC1. The van der Waals surface area contributed by atoms with Gasteiger partial charge >= 0.3 is 0 Å². The molecule has 0 bridgehead atoms. The van der Waals surface area contributed by atoms with Crippen LogP contribution >= 0.6 is 23.2 Å². The second-order valence-electron chi connectivity index (χ2n) is 4.93. The van der Waals surface area contributed by atoms with Crippen LogP contribution in [0.3, 0.4) is 0 Å². The van der Waals surface area contributed by atoms with Gasteiger partial charge in [0.1, 0.15) is 18.3 Å². The summed E-state index contributed by atoms with van der Waals surface area (Å²) in [5.41, 5.74) is -0.424. The number of alkyl halides is 1. The number of aromatic nitrogens is 3. The van der Waals surface area contributed by atoms with E-state index in [4.69, 9.17) is 23.2 Å². The average Bonchev–Trinajstić information content (AvgIpc) is 2.95. The number of rotatable bonds is 4. The molecule has 0 spiro atoms. The van der Waals surface area contributed by atoms with Crippen molar-refractivity contribution < 1.29 is 5.11 Å². The van der Waals surface area contributed by atoms with E-state index in [1.165, 1.54) is 6.33 Å². The molecular formula is C13H13Cl2N3O. The molecule has 4 nitrogen and oxygen atoms in total. The fourth-order valence-electron chi connectivity index (χ4n) is 2.29. The highest BCUT2D eigenvalue weighted by atomic mass is 35.5. The fraction of sp³-hybridized carbons (Fsp3) is 0.385. The number of halogens is 2. The Morgan fingerprint density at radius 1 is 1.32 bits per heavy atom. The van der Waals surface area contributed by atoms with Crippen LogP contribution in [0, 0.1) is 0 Å². The zero-order valence-corrected chi connectivity index (χ0v) is 11.6. The summed E-state index contributed by atoms with van der Waals surface area (Å²) in [6.07, 6.45) is 4.57. The predicted octanol–water partition coefficient (Wildman–Crippen LogP) is 2.59. The van der Waals surface area contributed by atoms with Gasteiger partial charge in [-0.1, -0.05) is 23.7 Å². The first kappa shape index (κ1) is 12.9. The molecule has 1 atom stereocenters. The van der Waals surface area contributed by atoms with Crippen molar-refractivity contribution in [3.05, 3.63) is 47.5 Å². The predicted molar refractivity (Wildman–Crippen MR) is 73.2 cm³/mol. The van der Waals surface area contributed by atoms with Gasteiger partial charge in [-0.3, -0.25) is 0 Å². The van der Waals surface area contributed by atoms with E-state index in [0.717, 1.165) is 18.4 Å². The fourth-order valence-corrected chi connectivity index (χ4v) is 2.68. The Labute approximate surface area is 121 Å². The molecule has 1 N–H and O–H groups in total. The normalized spacial score (nSPS) is 19.9. The Hall–Kier alpha value is -1.10. The summed E-state index contributed by atoms with van der Waals surface area (Å²) in [5, 5.41) is 15.8. The molecule has 1 aliphatic carbocycles. The van der Waals surface area contributed by atoms with Crippen molar-refractivity contribution >= 4 is 23.2 Å². The maximum atomic E-state index is 11.1. The second kappa shape index (κ2) is 4.47. The van der Waals surface area contributed by atoms with Crippen molar-refractivity contribution in [2.24, 2.45) is 0 Å². The van der Waals surface area contributed by atoms with Crippen molar-refractivity contribution in [2.45, 2.75) is 29.9 Å². The van der Waals surface area contributed by atoms with Gasteiger partial charge in [-0.25, -0.2) is 9.67 Å². The molecule has 1 aliphatic rings. The van der Waals surface area contributed by atoms with Gasteiger partial charge in [-0.05, 0) is 30.5 Å². The average molecular weight is 298 g/mol. The maximum absolute atomic E-state index is 11.1. The first-order valence-electron chi connectivity index (χ1n) is 6.03. The zero-order valence-electron chi connectivity index (χ0n) is 10.1. The van der Waals surface area contributed by atoms with Crippen molar-refractivity contribution in [3.63, 3.8) is 0 Å². The van der Waals surface area contributed by atoms with Gasteiger partial charge in [-0.2, -0.15) is 5.10 Å². The Kier molecular flexibility index (Phi) is 3.04. The van der Waals surface area contributed by atoms with Crippen LogP contribution in [0.5, 0.6) is 0 Å². The van der Waals surface area contributed by atoms with Crippen LogP contribution < -0.4 is 0 Å². The molecule has 0 saturated heterocycles. The Balaban J connectivity index is 1.99. The maximum Gasteiger partial charge on any atom is 0.137 e. The monoisotopic (exact) mass is 297 g/mol. The van der Waals surface area contributed by atoms with Gasteiger partial charge in [0, 0.05) is 5.02 Å². The molecule has 3 rings (SSSR count). The molecule has 0 aliphatic heterocycles. The zero-order chi connectivity index (χ0) is 13.5. The Morgan fingerprint density at radius 3 is 2.53 bits per heavy atom. The van der Waals surface area contributed by atoms with E-state index in [9.17, 15) is 5.11 Å². The third-order valence-electron chi connectivity index (χ3n) is 3.61. The highest BCUT2D eigenvalue weighted by Gasteiger charge is 2.59. The van der Waals surface area contributed by atoms with E-state index < -0.39 is 10.5 Å². The largest absolute Gasteiger partial charge is 0.381 e. The summed E-state index contributed by atoms with van der Waals surface area (Å²) < 4.78 is 1.59. The lowest BCUT2D eigenvalue weighted by Gasteiger charge is -2.33. The molecule has 6 heteroatoms. The summed E-state index contributed by atoms with van der Waals surface area (Å²) in [6.45, 7) is 0.276. The van der Waals surface area contributed by atoms with Crippen LogP contribution in [0.15, 0.2) is 36.9 Å². The minimum absolute atomic E-state index is 0.276. The van der Waals surface area contributed by atoms with Crippen LogP contribution in [0.1, 0.15) is 18.4 Å². The number of benzene rings is 1. The Bertz CT molecular complexity index is 566. The minimum atomic E-state index is -1.17. The first-order chi connectivity index (χ1) is 9.03. The van der Waals surface area contributed by atoms with Crippen molar-refractivity contribution in [2.75, 3.05) is 0 Å². The first-order valence-corrected chi connectivity index (χ1v) is 6.79. The Morgan fingerprint density at radius 2 is 2.00 bits per heavy atom. The van der Waals surface area contributed by atoms with E-state index in [1.807, 2.05) is 12.1 Å². The molecule has 1 fully saturated rings. The summed E-state index contributed by atoms with van der Waals surface area (Å²) in [7, 11) is 0. The van der Waals surface area contributed by atoms with Crippen LogP contribution in [0.2, 0.25) is 5.02 Å². The summed E-state index contributed by atoms with van der Waals surface area (Å²) in [6, 6.07) is 7.13. The molecule has 1 aromatic heterocycles.